The zero-order valence-corrected chi connectivity index (χ0v) is 6.79. The van der Waals surface area contributed by atoms with Gasteiger partial charge in [0.25, 0.3) is 0 Å². The summed E-state index contributed by atoms with van der Waals surface area (Å²) in [5, 5.41) is 6.48. The number of hydrazone groups is 1. The minimum atomic E-state index is 0.705. The fourth-order valence-corrected chi connectivity index (χ4v) is 1.96. The predicted octanol–water partition coefficient (Wildman–Crippen LogP) is 0.907. The second kappa shape index (κ2) is 2.72. The molecule has 11 heavy (non-hydrogen) atoms. The summed E-state index contributed by atoms with van der Waals surface area (Å²) in [5.41, 5.74) is 5.60. The number of hydrogen-bond donors (Lipinski definition) is 1. The standard InChI is InChI=1S/C8H15N3/c9-8-5-6-11(10-8)7-3-1-2-4-7/h7H,1-6H2,(H2,9,10). The minimum absolute atomic E-state index is 0.705. The van der Waals surface area contributed by atoms with Crippen LogP contribution in [0.25, 0.3) is 0 Å². The monoisotopic (exact) mass is 153 g/mol. The topological polar surface area (TPSA) is 41.6 Å². The van der Waals surface area contributed by atoms with Crippen LogP contribution < -0.4 is 5.73 Å². The van der Waals surface area contributed by atoms with Gasteiger partial charge in [-0.15, -0.1) is 0 Å². The van der Waals surface area contributed by atoms with Gasteiger partial charge in [-0.1, -0.05) is 12.8 Å². The fraction of sp³-hybridized carbons (Fsp3) is 0.875. The van der Waals surface area contributed by atoms with E-state index in [1.54, 1.807) is 0 Å². The molecule has 1 saturated carbocycles. The smallest absolute Gasteiger partial charge is 0.121 e. The van der Waals surface area contributed by atoms with Crippen LogP contribution in [-0.4, -0.2) is 23.4 Å². The highest BCUT2D eigenvalue weighted by Crippen LogP contribution is 2.25. The van der Waals surface area contributed by atoms with E-state index in [1.807, 2.05) is 0 Å². The third kappa shape index (κ3) is 1.32. The van der Waals surface area contributed by atoms with E-state index in [0.717, 1.165) is 18.8 Å². The van der Waals surface area contributed by atoms with E-state index in [0.29, 0.717) is 6.04 Å². The molecule has 0 aromatic carbocycles. The largest absolute Gasteiger partial charge is 0.386 e. The van der Waals surface area contributed by atoms with Gasteiger partial charge in [-0.2, -0.15) is 5.10 Å². The van der Waals surface area contributed by atoms with E-state index in [9.17, 15) is 0 Å². The second-order valence-electron chi connectivity index (χ2n) is 3.44. The number of hydrogen-bond acceptors (Lipinski definition) is 3. The quantitative estimate of drug-likeness (QED) is 0.608. The first-order chi connectivity index (χ1) is 5.36. The highest BCUT2D eigenvalue weighted by Gasteiger charge is 2.24. The van der Waals surface area contributed by atoms with Crippen molar-refractivity contribution in [1.82, 2.24) is 5.01 Å². The second-order valence-corrected chi connectivity index (χ2v) is 3.44. The number of amidine groups is 1. The van der Waals surface area contributed by atoms with Gasteiger partial charge < -0.3 is 5.73 Å². The molecule has 0 bridgehead atoms. The van der Waals surface area contributed by atoms with Gasteiger partial charge >= 0.3 is 0 Å². The molecule has 0 spiro atoms. The van der Waals surface area contributed by atoms with Crippen molar-refractivity contribution in [3.05, 3.63) is 0 Å². The van der Waals surface area contributed by atoms with Crippen molar-refractivity contribution in [2.24, 2.45) is 10.8 Å². The lowest BCUT2D eigenvalue weighted by Crippen LogP contribution is -2.25. The zero-order valence-electron chi connectivity index (χ0n) is 6.79. The molecule has 62 valence electrons. The van der Waals surface area contributed by atoms with Crippen LogP contribution in [0.4, 0.5) is 0 Å². The lowest BCUT2D eigenvalue weighted by Gasteiger charge is -2.20. The lowest BCUT2D eigenvalue weighted by molar-refractivity contribution is 0.230. The number of nitrogens with zero attached hydrogens (tertiary/aromatic N) is 2. The van der Waals surface area contributed by atoms with Gasteiger partial charge in [0.05, 0.1) is 0 Å². The molecule has 1 fully saturated rings. The van der Waals surface area contributed by atoms with E-state index < -0.39 is 0 Å². The normalized spacial score (nSPS) is 26.2. The average Bonchev–Trinajstić information content (AvgIpc) is 2.55. The molecule has 2 rings (SSSR count). The molecule has 0 radical (unpaired) electrons. The van der Waals surface area contributed by atoms with Gasteiger partial charge in [-0.25, -0.2) is 0 Å². The third-order valence-corrected chi connectivity index (χ3v) is 2.60. The molecule has 0 amide bonds. The van der Waals surface area contributed by atoms with Crippen LogP contribution in [-0.2, 0) is 0 Å². The van der Waals surface area contributed by atoms with Gasteiger partial charge in [0.1, 0.15) is 5.84 Å². The summed E-state index contributed by atoms with van der Waals surface area (Å²) in [6.45, 7) is 1.05. The van der Waals surface area contributed by atoms with Crippen molar-refractivity contribution in [2.75, 3.05) is 6.54 Å². The zero-order chi connectivity index (χ0) is 7.68. The summed E-state index contributed by atoms with van der Waals surface area (Å²) in [5.74, 6) is 0.817. The fourth-order valence-electron chi connectivity index (χ4n) is 1.96. The van der Waals surface area contributed by atoms with Crippen molar-refractivity contribution in [1.29, 1.82) is 0 Å². The van der Waals surface area contributed by atoms with Gasteiger partial charge in [0.2, 0.25) is 0 Å². The summed E-state index contributed by atoms with van der Waals surface area (Å²) in [4.78, 5) is 0. The SMILES string of the molecule is NC1=NN(C2CCCC2)CC1. The number of nitrogens with two attached hydrogens (primary N) is 1. The molecule has 0 atom stereocenters. The first kappa shape index (κ1) is 6.95. The Labute approximate surface area is 67.2 Å². The Morgan fingerprint density at radius 2 is 2.09 bits per heavy atom. The lowest BCUT2D eigenvalue weighted by atomic mass is 10.2. The molecule has 2 N–H and O–H groups in total. The van der Waals surface area contributed by atoms with Crippen LogP contribution in [0, 0.1) is 0 Å². The highest BCUT2D eigenvalue weighted by atomic mass is 15.5. The maximum atomic E-state index is 5.60. The van der Waals surface area contributed by atoms with E-state index in [4.69, 9.17) is 5.73 Å². The molecule has 1 aliphatic heterocycles. The van der Waals surface area contributed by atoms with Gasteiger partial charge in [-0.3, -0.25) is 5.01 Å². The Kier molecular flexibility index (Phi) is 1.72. The Hall–Kier alpha value is -0.730. The van der Waals surface area contributed by atoms with Crippen LogP contribution in [0.2, 0.25) is 0 Å². The molecule has 0 aromatic heterocycles. The molecule has 0 unspecified atom stereocenters. The van der Waals surface area contributed by atoms with Crippen LogP contribution in [0.3, 0.4) is 0 Å². The van der Waals surface area contributed by atoms with Crippen LogP contribution >= 0.6 is 0 Å². The summed E-state index contributed by atoms with van der Waals surface area (Å²) >= 11 is 0. The average molecular weight is 153 g/mol. The molecule has 1 aliphatic carbocycles. The van der Waals surface area contributed by atoms with E-state index in [1.165, 1.54) is 25.7 Å². The summed E-state index contributed by atoms with van der Waals surface area (Å²) in [6.07, 6.45) is 6.34. The molecule has 2 aliphatic rings. The number of rotatable bonds is 1. The summed E-state index contributed by atoms with van der Waals surface area (Å²) in [7, 11) is 0. The molecule has 1 heterocycles. The molecule has 3 nitrogen and oxygen atoms in total. The molecule has 0 aromatic rings. The minimum Gasteiger partial charge on any atom is -0.386 e. The molecule has 3 heteroatoms. The first-order valence-electron chi connectivity index (χ1n) is 4.46. The molecular weight excluding hydrogens is 138 g/mol. The van der Waals surface area contributed by atoms with E-state index in [-0.39, 0.29) is 0 Å². The summed E-state index contributed by atoms with van der Waals surface area (Å²) in [6, 6.07) is 0.705. The highest BCUT2D eigenvalue weighted by molar-refractivity contribution is 5.81. The van der Waals surface area contributed by atoms with Crippen LogP contribution in [0.15, 0.2) is 5.10 Å². The van der Waals surface area contributed by atoms with Crippen molar-refractivity contribution in [2.45, 2.75) is 38.1 Å². The van der Waals surface area contributed by atoms with E-state index in [2.05, 4.69) is 10.1 Å². The molecular formula is C8H15N3. The Morgan fingerprint density at radius 3 is 2.64 bits per heavy atom. The predicted molar refractivity (Wildman–Crippen MR) is 45.2 cm³/mol. The van der Waals surface area contributed by atoms with Crippen molar-refractivity contribution < 1.29 is 0 Å². The van der Waals surface area contributed by atoms with Gasteiger partial charge in [-0.05, 0) is 12.8 Å². The Balaban J connectivity index is 1.95. The summed E-state index contributed by atoms with van der Waals surface area (Å²) < 4.78 is 0. The first-order valence-corrected chi connectivity index (χ1v) is 4.46. The third-order valence-electron chi connectivity index (χ3n) is 2.60. The van der Waals surface area contributed by atoms with E-state index >= 15 is 0 Å². The Morgan fingerprint density at radius 1 is 1.36 bits per heavy atom. The maximum absolute atomic E-state index is 5.60. The van der Waals surface area contributed by atoms with Crippen LogP contribution in [0.5, 0.6) is 0 Å². The Bertz CT molecular complexity index is 170. The maximum Gasteiger partial charge on any atom is 0.121 e. The van der Waals surface area contributed by atoms with Crippen LogP contribution in [0.1, 0.15) is 32.1 Å². The van der Waals surface area contributed by atoms with Crippen molar-refractivity contribution >= 4 is 5.84 Å². The van der Waals surface area contributed by atoms with Crippen molar-refractivity contribution in [3.8, 4) is 0 Å². The van der Waals surface area contributed by atoms with Crippen molar-refractivity contribution in [3.63, 3.8) is 0 Å². The van der Waals surface area contributed by atoms with Gasteiger partial charge in [0, 0.05) is 19.0 Å². The molecule has 0 saturated heterocycles. The van der Waals surface area contributed by atoms with Gasteiger partial charge in [0.15, 0.2) is 0 Å².